The summed E-state index contributed by atoms with van der Waals surface area (Å²) in [4.78, 5) is 36.8. The second-order valence-corrected chi connectivity index (χ2v) is 20.8. The number of carbonyl (C=O) groups is 3. The molecule has 0 saturated carbocycles. The van der Waals surface area contributed by atoms with E-state index in [0.29, 0.717) is 19.3 Å². The molecule has 3 amide bonds. The molecule has 6 N–H and O–H groups in total. The number of carbonyl (C=O) groups excluding carboxylic acids is 3. The van der Waals surface area contributed by atoms with Crippen molar-refractivity contribution in [1.82, 2.24) is 16.0 Å². The molecule has 3 aromatic carbocycles. The van der Waals surface area contributed by atoms with Crippen LogP contribution in [-0.2, 0) is 28.6 Å². The Morgan fingerprint density at radius 3 is 0.815 bits per heavy atom. The highest BCUT2D eigenvalue weighted by Crippen LogP contribution is 2.28. The summed E-state index contributed by atoms with van der Waals surface area (Å²) < 4.78 is 174. The minimum atomic E-state index is -3.06. The third-order valence-electron chi connectivity index (χ3n) is 10.8. The van der Waals surface area contributed by atoms with E-state index in [9.17, 15) is 82.4 Å². The number of benzene rings is 3. The molecule has 0 aliphatic heterocycles. The van der Waals surface area contributed by atoms with Gasteiger partial charge in [0.1, 0.15) is 17.2 Å². The zero-order chi connectivity index (χ0) is 61.8. The van der Waals surface area contributed by atoms with Gasteiger partial charge in [-0.15, -0.1) is 0 Å². The molecule has 3 rings (SSSR count). The Labute approximate surface area is 463 Å². The average Bonchev–Trinajstić information content (AvgIpc) is 3.28. The number of nitrogens with one attached hydrogen (secondary N) is 3. The summed E-state index contributed by atoms with van der Waals surface area (Å²) in [6.45, 7) is -4.19. The quantitative estimate of drug-likeness (QED) is 0.0316. The van der Waals surface area contributed by atoms with Crippen molar-refractivity contribution in [2.45, 2.75) is 175 Å². The highest BCUT2D eigenvalue weighted by Gasteiger charge is 2.31. The molecule has 0 radical (unpaired) electrons. The van der Waals surface area contributed by atoms with Gasteiger partial charge in [-0.05, 0) is 111 Å². The van der Waals surface area contributed by atoms with Crippen molar-refractivity contribution >= 4 is 17.7 Å². The largest absolute Gasteiger partial charge is 0.435 e. The van der Waals surface area contributed by atoms with E-state index in [4.69, 9.17) is 0 Å². The maximum absolute atomic E-state index is 12.4. The summed E-state index contributed by atoms with van der Waals surface area (Å²) in [5.41, 5.74) is -3.05. The van der Waals surface area contributed by atoms with Crippen LogP contribution in [0.15, 0.2) is 72.8 Å². The lowest BCUT2D eigenvalue weighted by atomic mass is 9.91. The molecule has 0 spiro atoms. The van der Waals surface area contributed by atoms with Crippen molar-refractivity contribution in [2.24, 2.45) is 17.8 Å². The SMILES string of the molecule is CC(C)CC(C)(O)CC(=O)N[C@@H](COC(F)F)c1cccc(OC(F)F)c1.CC(C)C[C@@](C)(O)CC(=O)N[C@@H](COC(F)F)c1cccc(OC(F)F)c1.CC(C)C[C@](C)(O)CC(=O)N[C@@H](COC(F)F)c1cccc(OC(F)F)c1. The van der Waals surface area contributed by atoms with E-state index < -0.39 is 112 Å². The summed E-state index contributed by atoms with van der Waals surface area (Å²) >= 11 is 0. The van der Waals surface area contributed by atoms with Gasteiger partial charge >= 0.3 is 39.7 Å². The molecule has 3 aromatic rings. The molecule has 1 unspecified atom stereocenters. The second-order valence-electron chi connectivity index (χ2n) is 20.8. The number of aliphatic hydroxyl groups is 3. The van der Waals surface area contributed by atoms with Gasteiger partial charge in [-0.3, -0.25) is 14.4 Å². The summed E-state index contributed by atoms with van der Waals surface area (Å²) in [7, 11) is 0. The average molecular weight is 1190 g/mol. The normalized spacial score (nSPS) is 15.1. The number of rotatable bonds is 33. The third kappa shape index (κ3) is 35.1. The van der Waals surface area contributed by atoms with Crippen LogP contribution in [0.1, 0.15) is 136 Å². The van der Waals surface area contributed by atoms with Crippen LogP contribution in [0.4, 0.5) is 52.7 Å². The van der Waals surface area contributed by atoms with Crippen molar-refractivity contribution in [1.29, 1.82) is 0 Å². The van der Waals surface area contributed by atoms with Crippen molar-refractivity contribution < 1.29 is 111 Å². The number of amides is 3. The first-order chi connectivity index (χ1) is 37.4. The lowest BCUT2D eigenvalue weighted by Gasteiger charge is -2.26. The van der Waals surface area contributed by atoms with Crippen LogP contribution in [-0.4, -0.2) is 109 Å². The van der Waals surface area contributed by atoms with E-state index in [0.717, 1.165) is 0 Å². The van der Waals surface area contributed by atoms with Crippen LogP contribution in [0, 0.1) is 17.8 Å². The summed E-state index contributed by atoms with van der Waals surface area (Å²) in [6, 6.07) is 12.9. The first kappa shape index (κ1) is 73.4. The second kappa shape index (κ2) is 36.1. The van der Waals surface area contributed by atoms with Crippen molar-refractivity contribution in [3.05, 3.63) is 89.5 Å². The van der Waals surface area contributed by atoms with Gasteiger partial charge in [-0.2, -0.15) is 52.7 Å². The van der Waals surface area contributed by atoms with Crippen LogP contribution in [0.3, 0.4) is 0 Å². The smallest absolute Gasteiger partial charge is 0.387 e. The molecule has 0 aromatic heterocycles. The van der Waals surface area contributed by atoms with Crippen LogP contribution >= 0.6 is 0 Å². The van der Waals surface area contributed by atoms with E-state index >= 15 is 0 Å². The minimum absolute atomic E-state index is 0.147. The predicted molar refractivity (Wildman–Crippen MR) is 272 cm³/mol. The zero-order valence-electron chi connectivity index (χ0n) is 46.3. The van der Waals surface area contributed by atoms with E-state index in [-0.39, 0.29) is 71.0 Å². The molecular weight excluding hydrogens is 1110 g/mol. The van der Waals surface area contributed by atoms with E-state index in [2.05, 4.69) is 44.4 Å². The molecule has 0 saturated heterocycles. The Morgan fingerprint density at radius 1 is 0.407 bits per heavy atom. The minimum Gasteiger partial charge on any atom is -0.435 e. The Bertz CT molecular complexity index is 2040. The number of hydrogen-bond acceptors (Lipinski definition) is 12. The third-order valence-corrected chi connectivity index (χ3v) is 10.8. The van der Waals surface area contributed by atoms with Gasteiger partial charge < -0.3 is 59.7 Å². The Hall–Kier alpha value is -5.61. The fraction of sp³-hybridized carbons (Fsp3) is 0.611. The fourth-order valence-electron chi connectivity index (χ4n) is 8.52. The van der Waals surface area contributed by atoms with Crippen molar-refractivity contribution in [2.75, 3.05) is 19.8 Å². The highest BCUT2D eigenvalue weighted by molar-refractivity contribution is 5.78. The molecule has 0 fully saturated rings. The molecule has 0 aliphatic rings. The topological polar surface area (TPSA) is 203 Å². The number of alkyl halides is 12. The van der Waals surface area contributed by atoms with E-state index in [1.807, 2.05) is 41.5 Å². The number of ether oxygens (including phenoxy) is 6. The summed E-state index contributed by atoms with van der Waals surface area (Å²) in [5.74, 6) is -1.82. The summed E-state index contributed by atoms with van der Waals surface area (Å²) in [6.07, 6.45) is 0.375. The molecule has 81 heavy (non-hydrogen) atoms. The first-order valence-corrected chi connectivity index (χ1v) is 25.3. The predicted octanol–water partition coefficient (Wildman–Crippen LogP) is 11.6. The lowest BCUT2D eigenvalue weighted by molar-refractivity contribution is -0.140. The summed E-state index contributed by atoms with van der Waals surface area (Å²) in [5, 5.41) is 38.3. The molecule has 27 heteroatoms. The van der Waals surface area contributed by atoms with Crippen LogP contribution in [0.2, 0.25) is 0 Å². The lowest BCUT2D eigenvalue weighted by Crippen LogP contribution is -2.38. The maximum Gasteiger partial charge on any atom is 0.387 e. The van der Waals surface area contributed by atoms with Crippen LogP contribution in [0.25, 0.3) is 0 Å². The van der Waals surface area contributed by atoms with Crippen molar-refractivity contribution in [3.8, 4) is 17.2 Å². The maximum atomic E-state index is 12.4. The Balaban J connectivity index is 0.000000607. The number of hydrogen-bond donors (Lipinski definition) is 6. The van der Waals surface area contributed by atoms with Gasteiger partial charge in [0.25, 0.3) is 0 Å². The molecule has 462 valence electrons. The standard InChI is InChI=1S/3C18H25F4NO4/c3*1-11(2)8-18(3,25)9-15(24)23-14(10-26-16(19)20)12-5-4-6-13(7-12)27-17(21)22/h3*4-7,11,14,16-17,25H,8-10H2,1-3H3,(H,23,24)/t14-,18?;14-,18+;14-,18-/m000/s1. The van der Waals surface area contributed by atoms with Gasteiger partial charge in [0.15, 0.2) is 0 Å². The molecule has 0 bridgehead atoms. The molecule has 6 atom stereocenters. The Kier molecular flexibility index (Phi) is 32.7. The monoisotopic (exact) mass is 1190 g/mol. The van der Waals surface area contributed by atoms with Gasteiger partial charge in [0.05, 0.1) is 74.0 Å². The van der Waals surface area contributed by atoms with Crippen LogP contribution < -0.4 is 30.2 Å². The van der Waals surface area contributed by atoms with Gasteiger partial charge in [0, 0.05) is 0 Å². The number of halogens is 12. The van der Waals surface area contributed by atoms with Gasteiger partial charge in [-0.1, -0.05) is 77.9 Å². The van der Waals surface area contributed by atoms with Gasteiger partial charge in [0.2, 0.25) is 17.7 Å². The van der Waals surface area contributed by atoms with Crippen molar-refractivity contribution in [3.63, 3.8) is 0 Å². The molecule has 0 aliphatic carbocycles. The first-order valence-electron chi connectivity index (χ1n) is 25.3. The van der Waals surface area contributed by atoms with Crippen LogP contribution in [0.5, 0.6) is 17.2 Å². The zero-order valence-corrected chi connectivity index (χ0v) is 46.3. The highest BCUT2D eigenvalue weighted by atomic mass is 19.3. The molecular formula is C54H75F12N3O12. The fourth-order valence-corrected chi connectivity index (χ4v) is 8.52. The van der Waals surface area contributed by atoms with Gasteiger partial charge in [-0.25, -0.2) is 0 Å². The van der Waals surface area contributed by atoms with E-state index in [1.54, 1.807) is 0 Å². The molecule has 15 nitrogen and oxygen atoms in total. The molecule has 0 heterocycles. The Morgan fingerprint density at radius 2 is 0.630 bits per heavy atom. The van der Waals surface area contributed by atoms with E-state index in [1.165, 1.54) is 93.6 Å².